The second-order valence-corrected chi connectivity index (χ2v) is 8.93. The summed E-state index contributed by atoms with van der Waals surface area (Å²) in [5.41, 5.74) is 1.56. The Morgan fingerprint density at radius 2 is 1.54 bits per heavy atom. The van der Waals surface area contributed by atoms with Crippen LogP contribution < -0.4 is 10.6 Å². The minimum atomic E-state index is -3.24. The number of halogens is 2. The third-order valence-electron chi connectivity index (χ3n) is 3.93. The molecule has 0 aliphatic carbocycles. The topological polar surface area (TPSA) is 75.3 Å². The zero-order valence-corrected chi connectivity index (χ0v) is 16.9. The molecule has 2 aromatic rings. The Bertz CT molecular complexity index is 899. The third-order valence-corrected chi connectivity index (χ3v) is 5.62. The molecule has 140 valence electrons. The van der Waals surface area contributed by atoms with Crippen LogP contribution >= 0.6 is 23.2 Å². The van der Waals surface area contributed by atoms with Crippen LogP contribution in [0.5, 0.6) is 0 Å². The SMILES string of the molecule is C[C@@H](NC(=O)N[C@H](C)c1ccc(Cl)cc1Cl)c1ccc(S(C)(=O)=O)cc1. The molecule has 2 N–H and O–H groups in total. The van der Waals surface area contributed by atoms with Gasteiger partial charge < -0.3 is 10.6 Å². The first-order chi connectivity index (χ1) is 12.1. The van der Waals surface area contributed by atoms with E-state index in [1.165, 1.54) is 12.1 Å². The van der Waals surface area contributed by atoms with Gasteiger partial charge in [-0.1, -0.05) is 41.4 Å². The van der Waals surface area contributed by atoms with E-state index in [4.69, 9.17) is 23.2 Å². The van der Waals surface area contributed by atoms with E-state index in [-0.39, 0.29) is 23.0 Å². The van der Waals surface area contributed by atoms with E-state index < -0.39 is 9.84 Å². The van der Waals surface area contributed by atoms with Gasteiger partial charge in [0.15, 0.2) is 9.84 Å². The average Bonchev–Trinajstić information content (AvgIpc) is 2.53. The van der Waals surface area contributed by atoms with Gasteiger partial charge in [-0.3, -0.25) is 0 Å². The Balaban J connectivity index is 2.00. The molecule has 0 saturated heterocycles. The number of benzene rings is 2. The van der Waals surface area contributed by atoms with E-state index >= 15 is 0 Å². The first-order valence-electron chi connectivity index (χ1n) is 7.90. The van der Waals surface area contributed by atoms with E-state index in [0.717, 1.165) is 17.4 Å². The first kappa shape index (κ1) is 20.6. The average molecular weight is 415 g/mol. The lowest BCUT2D eigenvalue weighted by molar-refractivity contribution is 0.235. The summed E-state index contributed by atoms with van der Waals surface area (Å²) in [4.78, 5) is 12.5. The number of amides is 2. The Morgan fingerprint density at radius 3 is 2.08 bits per heavy atom. The van der Waals surface area contributed by atoms with Crippen molar-refractivity contribution in [3.8, 4) is 0 Å². The molecule has 0 aliphatic rings. The van der Waals surface area contributed by atoms with Crippen molar-refractivity contribution in [2.45, 2.75) is 30.8 Å². The second-order valence-electron chi connectivity index (χ2n) is 6.07. The number of hydrogen-bond acceptors (Lipinski definition) is 3. The highest BCUT2D eigenvalue weighted by Crippen LogP contribution is 2.26. The van der Waals surface area contributed by atoms with Gasteiger partial charge in [-0.15, -0.1) is 0 Å². The summed E-state index contributed by atoms with van der Waals surface area (Å²) in [6.45, 7) is 3.63. The lowest BCUT2D eigenvalue weighted by Gasteiger charge is -2.19. The van der Waals surface area contributed by atoms with Gasteiger partial charge in [-0.05, 0) is 49.2 Å². The van der Waals surface area contributed by atoms with Crippen molar-refractivity contribution in [1.82, 2.24) is 10.6 Å². The molecule has 8 heteroatoms. The normalized spacial score (nSPS) is 13.7. The molecule has 0 aromatic heterocycles. The quantitative estimate of drug-likeness (QED) is 0.754. The zero-order chi connectivity index (χ0) is 19.5. The van der Waals surface area contributed by atoms with Crippen LogP contribution in [0.25, 0.3) is 0 Å². The van der Waals surface area contributed by atoms with Gasteiger partial charge in [0.1, 0.15) is 0 Å². The van der Waals surface area contributed by atoms with Gasteiger partial charge in [0, 0.05) is 16.3 Å². The molecule has 2 aromatic carbocycles. The molecule has 0 unspecified atom stereocenters. The van der Waals surface area contributed by atoms with Gasteiger partial charge in [-0.25, -0.2) is 13.2 Å². The molecule has 0 heterocycles. The standard InChI is InChI=1S/C18H20Cl2N2O3S/c1-11(13-4-7-15(8-5-13)26(3,24)25)21-18(23)22-12(2)16-9-6-14(19)10-17(16)20/h4-12H,1-3H3,(H2,21,22,23)/t11-,12-/m1/s1. The van der Waals surface area contributed by atoms with Crippen LogP contribution in [0.15, 0.2) is 47.4 Å². The van der Waals surface area contributed by atoms with Crippen LogP contribution in [0.3, 0.4) is 0 Å². The predicted molar refractivity (Wildman–Crippen MR) is 105 cm³/mol. The molecule has 0 aliphatic heterocycles. The lowest BCUT2D eigenvalue weighted by Crippen LogP contribution is -2.38. The highest BCUT2D eigenvalue weighted by atomic mass is 35.5. The van der Waals surface area contributed by atoms with E-state index in [2.05, 4.69) is 10.6 Å². The van der Waals surface area contributed by atoms with E-state index in [0.29, 0.717) is 10.0 Å². The summed E-state index contributed by atoms with van der Waals surface area (Å²) in [5.74, 6) is 0. The van der Waals surface area contributed by atoms with Crippen LogP contribution in [-0.4, -0.2) is 20.7 Å². The number of rotatable bonds is 5. The molecule has 2 amide bonds. The Morgan fingerprint density at radius 1 is 0.962 bits per heavy atom. The highest BCUT2D eigenvalue weighted by Gasteiger charge is 2.16. The number of sulfone groups is 1. The Kier molecular flexibility index (Phi) is 6.55. The largest absolute Gasteiger partial charge is 0.332 e. The van der Waals surface area contributed by atoms with E-state index in [9.17, 15) is 13.2 Å². The summed E-state index contributed by atoms with van der Waals surface area (Å²) < 4.78 is 23.0. The highest BCUT2D eigenvalue weighted by molar-refractivity contribution is 7.90. The van der Waals surface area contributed by atoms with Crippen molar-refractivity contribution in [1.29, 1.82) is 0 Å². The molecule has 0 bridgehead atoms. The molecular formula is C18H20Cl2N2O3S. The predicted octanol–water partition coefficient (Wildman–Crippen LogP) is 4.52. The zero-order valence-electron chi connectivity index (χ0n) is 14.6. The number of urea groups is 1. The molecule has 0 radical (unpaired) electrons. The fraction of sp³-hybridized carbons (Fsp3) is 0.278. The summed E-state index contributed by atoms with van der Waals surface area (Å²) in [7, 11) is -3.24. The second kappa shape index (κ2) is 8.29. The van der Waals surface area contributed by atoms with Gasteiger partial charge in [0.25, 0.3) is 0 Å². The summed E-state index contributed by atoms with van der Waals surface area (Å²) in [6.07, 6.45) is 1.15. The third kappa shape index (κ3) is 5.37. The Hall–Kier alpha value is -1.76. The van der Waals surface area contributed by atoms with Crippen LogP contribution in [0.4, 0.5) is 4.79 Å². The van der Waals surface area contributed by atoms with Crippen LogP contribution in [0, 0.1) is 0 Å². The minimum Gasteiger partial charge on any atom is -0.332 e. The van der Waals surface area contributed by atoms with Crippen molar-refractivity contribution in [3.63, 3.8) is 0 Å². The van der Waals surface area contributed by atoms with Gasteiger partial charge in [0.05, 0.1) is 17.0 Å². The number of hydrogen-bond donors (Lipinski definition) is 2. The van der Waals surface area contributed by atoms with Crippen molar-refractivity contribution in [3.05, 3.63) is 63.6 Å². The maximum absolute atomic E-state index is 12.2. The van der Waals surface area contributed by atoms with Gasteiger partial charge in [0.2, 0.25) is 0 Å². The molecule has 26 heavy (non-hydrogen) atoms. The summed E-state index contributed by atoms with van der Waals surface area (Å²) in [5, 5.41) is 6.65. The van der Waals surface area contributed by atoms with Crippen LogP contribution in [0.1, 0.15) is 37.1 Å². The number of nitrogens with one attached hydrogen (secondary N) is 2. The lowest BCUT2D eigenvalue weighted by atomic mass is 10.1. The molecule has 2 atom stereocenters. The van der Waals surface area contributed by atoms with Crippen molar-refractivity contribution >= 4 is 39.1 Å². The monoisotopic (exact) mass is 414 g/mol. The molecule has 5 nitrogen and oxygen atoms in total. The maximum Gasteiger partial charge on any atom is 0.315 e. The molecule has 0 spiro atoms. The summed E-state index contributed by atoms with van der Waals surface area (Å²) >= 11 is 12.0. The van der Waals surface area contributed by atoms with Crippen molar-refractivity contribution in [2.75, 3.05) is 6.26 Å². The smallest absolute Gasteiger partial charge is 0.315 e. The Labute approximate surface area is 163 Å². The number of carbonyl (C=O) groups excluding carboxylic acids is 1. The van der Waals surface area contributed by atoms with Crippen molar-refractivity contribution < 1.29 is 13.2 Å². The van der Waals surface area contributed by atoms with Crippen LogP contribution in [0.2, 0.25) is 10.0 Å². The first-order valence-corrected chi connectivity index (χ1v) is 10.5. The minimum absolute atomic E-state index is 0.240. The van der Waals surface area contributed by atoms with Crippen LogP contribution in [-0.2, 0) is 9.84 Å². The van der Waals surface area contributed by atoms with Gasteiger partial charge >= 0.3 is 6.03 Å². The fourth-order valence-corrected chi connectivity index (χ4v) is 3.66. The molecule has 0 saturated carbocycles. The fourth-order valence-electron chi connectivity index (χ4n) is 2.45. The molecule has 0 fully saturated rings. The van der Waals surface area contributed by atoms with E-state index in [1.807, 2.05) is 13.8 Å². The van der Waals surface area contributed by atoms with Crippen molar-refractivity contribution in [2.24, 2.45) is 0 Å². The number of carbonyl (C=O) groups is 1. The maximum atomic E-state index is 12.2. The van der Waals surface area contributed by atoms with Gasteiger partial charge in [-0.2, -0.15) is 0 Å². The molecular weight excluding hydrogens is 395 g/mol. The molecule has 2 rings (SSSR count). The summed E-state index contributed by atoms with van der Waals surface area (Å²) in [6, 6.07) is 10.6. The van der Waals surface area contributed by atoms with E-state index in [1.54, 1.807) is 30.3 Å².